The Morgan fingerprint density at radius 3 is 2.89 bits per heavy atom. The van der Waals surface area contributed by atoms with Crippen molar-refractivity contribution in [2.75, 3.05) is 13.2 Å². The van der Waals surface area contributed by atoms with Gasteiger partial charge in [0.15, 0.2) is 5.78 Å². The van der Waals surface area contributed by atoms with E-state index < -0.39 is 12.1 Å². The molecule has 5 heteroatoms. The molecule has 1 atom stereocenters. The van der Waals surface area contributed by atoms with Gasteiger partial charge in [-0.3, -0.25) is 4.79 Å². The maximum absolute atomic E-state index is 11.5. The van der Waals surface area contributed by atoms with Crippen LogP contribution in [0, 0.1) is 0 Å². The molecule has 0 aliphatic carbocycles. The van der Waals surface area contributed by atoms with E-state index in [0.29, 0.717) is 13.0 Å². The number of ether oxygens (including phenoxy) is 2. The third-order valence-electron chi connectivity index (χ3n) is 2.67. The van der Waals surface area contributed by atoms with Crippen molar-refractivity contribution >= 4 is 11.9 Å². The fourth-order valence-electron chi connectivity index (χ4n) is 1.67. The molecule has 1 aromatic rings. The summed E-state index contributed by atoms with van der Waals surface area (Å²) in [4.78, 5) is 22.9. The molecule has 1 aliphatic heterocycles. The topological polar surface area (TPSA) is 64.6 Å². The van der Waals surface area contributed by atoms with Gasteiger partial charge in [0.2, 0.25) is 0 Å². The minimum Gasteiger partial charge on any atom is -0.445 e. The molecule has 1 heterocycles. The first kappa shape index (κ1) is 12.6. The third kappa shape index (κ3) is 3.56. The summed E-state index contributed by atoms with van der Waals surface area (Å²) in [6, 6.07) is 8.78. The van der Waals surface area contributed by atoms with Crippen molar-refractivity contribution in [2.45, 2.75) is 19.1 Å². The molecule has 1 amide bonds. The normalized spacial score (nSPS) is 19.3. The van der Waals surface area contributed by atoms with Gasteiger partial charge in [-0.15, -0.1) is 0 Å². The highest BCUT2D eigenvalue weighted by atomic mass is 16.5. The number of alkyl carbamates (subject to hydrolysis) is 1. The zero-order chi connectivity index (χ0) is 12.8. The number of amides is 1. The minimum absolute atomic E-state index is 0.0158. The lowest BCUT2D eigenvalue weighted by molar-refractivity contribution is -0.127. The van der Waals surface area contributed by atoms with E-state index in [-0.39, 0.29) is 19.0 Å². The molecule has 5 nitrogen and oxygen atoms in total. The van der Waals surface area contributed by atoms with E-state index >= 15 is 0 Å². The highest BCUT2D eigenvalue weighted by molar-refractivity contribution is 5.88. The molecule has 1 unspecified atom stereocenters. The van der Waals surface area contributed by atoms with Gasteiger partial charge in [0.05, 0.1) is 13.2 Å². The van der Waals surface area contributed by atoms with E-state index in [4.69, 9.17) is 9.47 Å². The van der Waals surface area contributed by atoms with Gasteiger partial charge in [0.1, 0.15) is 12.6 Å². The lowest BCUT2D eigenvalue weighted by Gasteiger charge is -2.21. The lowest BCUT2D eigenvalue weighted by Crippen LogP contribution is -2.47. The molecule has 0 aromatic heterocycles. The molecular weight excluding hydrogens is 234 g/mol. The van der Waals surface area contributed by atoms with E-state index in [9.17, 15) is 9.59 Å². The SMILES string of the molecule is O=C(NC1COCCC1=O)OCc1ccccc1. The number of nitrogens with one attached hydrogen (secondary N) is 1. The largest absolute Gasteiger partial charge is 0.445 e. The average molecular weight is 249 g/mol. The van der Waals surface area contributed by atoms with Crippen LogP contribution in [-0.2, 0) is 20.9 Å². The Labute approximate surface area is 105 Å². The fourth-order valence-corrected chi connectivity index (χ4v) is 1.67. The minimum atomic E-state index is -0.595. The molecule has 1 aliphatic rings. The first-order valence-electron chi connectivity index (χ1n) is 5.83. The molecular formula is C13H15NO4. The Bertz CT molecular complexity index is 418. The molecule has 96 valence electrons. The van der Waals surface area contributed by atoms with Crippen LogP contribution in [0.25, 0.3) is 0 Å². The summed E-state index contributed by atoms with van der Waals surface area (Å²) in [6.45, 7) is 0.837. The van der Waals surface area contributed by atoms with Gasteiger partial charge in [-0.2, -0.15) is 0 Å². The number of ketones is 1. The van der Waals surface area contributed by atoms with Crippen molar-refractivity contribution in [3.8, 4) is 0 Å². The molecule has 1 aromatic carbocycles. The van der Waals surface area contributed by atoms with Crippen LogP contribution in [0.3, 0.4) is 0 Å². The molecule has 2 rings (SSSR count). The van der Waals surface area contributed by atoms with Crippen LogP contribution in [0.2, 0.25) is 0 Å². The summed E-state index contributed by atoms with van der Waals surface area (Å²) in [7, 11) is 0. The maximum atomic E-state index is 11.5. The maximum Gasteiger partial charge on any atom is 0.408 e. The predicted octanol–water partition coefficient (Wildman–Crippen LogP) is 1.27. The van der Waals surface area contributed by atoms with Crippen molar-refractivity contribution in [3.63, 3.8) is 0 Å². The number of Topliss-reactive ketones (excluding diaryl/α,β-unsaturated/α-hetero) is 1. The third-order valence-corrected chi connectivity index (χ3v) is 2.67. The van der Waals surface area contributed by atoms with Crippen LogP contribution in [0.4, 0.5) is 4.79 Å². The second-order valence-electron chi connectivity index (χ2n) is 4.05. The van der Waals surface area contributed by atoms with E-state index in [1.807, 2.05) is 30.3 Å². The first-order valence-corrected chi connectivity index (χ1v) is 5.83. The molecule has 0 radical (unpaired) electrons. The number of hydrogen-bond donors (Lipinski definition) is 1. The quantitative estimate of drug-likeness (QED) is 0.876. The number of rotatable bonds is 3. The number of hydrogen-bond acceptors (Lipinski definition) is 4. The summed E-state index contributed by atoms with van der Waals surface area (Å²) in [5, 5.41) is 2.50. The summed E-state index contributed by atoms with van der Waals surface area (Å²) in [5.41, 5.74) is 0.902. The van der Waals surface area contributed by atoms with E-state index in [2.05, 4.69) is 5.32 Å². The van der Waals surface area contributed by atoms with E-state index in [1.54, 1.807) is 0 Å². The van der Waals surface area contributed by atoms with Crippen LogP contribution in [0.5, 0.6) is 0 Å². The zero-order valence-electron chi connectivity index (χ0n) is 9.93. The van der Waals surface area contributed by atoms with Gasteiger partial charge >= 0.3 is 6.09 Å². The van der Waals surface area contributed by atoms with Crippen LogP contribution < -0.4 is 5.32 Å². The van der Waals surface area contributed by atoms with Crippen LogP contribution >= 0.6 is 0 Å². The predicted molar refractivity (Wildman–Crippen MR) is 64.0 cm³/mol. The van der Waals surface area contributed by atoms with Crippen molar-refractivity contribution in [2.24, 2.45) is 0 Å². The smallest absolute Gasteiger partial charge is 0.408 e. The van der Waals surface area contributed by atoms with Crippen molar-refractivity contribution in [1.82, 2.24) is 5.32 Å². The van der Waals surface area contributed by atoms with Gasteiger partial charge in [0.25, 0.3) is 0 Å². The summed E-state index contributed by atoms with van der Waals surface area (Å²) in [6.07, 6.45) is -0.258. The highest BCUT2D eigenvalue weighted by Gasteiger charge is 2.24. The van der Waals surface area contributed by atoms with E-state index in [0.717, 1.165) is 5.56 Å². The summed E-state index contributed by atoms with van der Waals surface area (Å²) in [5.74, 6) is -0.0158. The molecule has 1 N–H and O–H groups in total. The Hall–Kier alpha value is -1.88. The molecule has 0 saturated carbocycles. The molecule has 1 saturated heterocycles. The molecule has 18 heavy (non-hydrogen) atoms. The van der Waals surface area contributed by atoms with Crippen molar-refractivity contribution < 1.29 is 19.1 Å². The standard InChI is InChI=1S/C13H15NO4/c15-12-6-7-17-9-11(12)14-13(16)18-8-10-4-2-1-3-5-10/h1-5,11H,6-9H2,(H,14,16). The average Bonchev–Trinajstić information content (AvgIpc) is 2.40. The monoisotopic (exact) mass is 249 g/mol. The van der Waals surface area contributed by atoms with Gasteiger partial charge in [0, 0.05) is 6.42 Å². The molecule has 1 fully saturated rings. The Kier molecular flexibility index (Phi) is 4.30. The van der Waals surface area contributed by atoms with Crippen molar-refractivity contribution in [1.29, 1.82) is 0 Å². The van der Waals surface area contributed by atoms with Crippen LogP contribution in [0.15, 0.2) is 30.3 Å². The Morgan fingerprint density at radius 1 is 1.39 bits per heavy atom. The first-order chi connectivity index (χ1) is 8.75. The summed E-state index contributed by atoms with van der Waals surface area (Å²) < 4.78 is 10.1. The number of carbonyl (C=O) groups excluding carboxylic acids is 2. The molecule has 0 bridgehead atoms. The zero-order valence-corrected chi connectivity index (χ0v) is 9.93. The Morgan fingerprint density at radius 2 is 2.17 bits per heavy atom. The van der Waals surface area contributed by atoms with E-state index in [1.165, 1.54) is 0 Å². The van der Waals surface area contributed by atoms with Gasteiger partial charge < -0.3 is 14.8 Å². The van der Waals surface area contributed by atoms with Crippen LogP contribution in [0.1, 0.15) is 12.0 Å². The van der Waals surface area contributed by atoms with Gasteiger partial charge in [-0.1, -0.05) is 30.3 Å². The van der Waals surface area contributed by atoms with Gasteiger partial charge in [-0.05, 0) is 5.56 Å². The number of benzene rings is 1. The second-order valence-corrected chi connectivity index (χ2v) is 4.05. The fraction of sp³-hybridized carbons (Fsp3) is 0.385. The van der Waals surface area contributed by atoms with Gasteiger partial charge in [-0.25, -0.2) is 4.79 Å². The molecule has 0 spiro atoms. The van der Waals surface area contributed by atoms with Crippen LogP contribution in [-0.4, -0.2) is 31.1 Å². The van der Waals surface area contributed by atoms with Crippen molar-refractivity contribution in [3.05, 3.63) is 35.9 Å². The number of carbonyl (C=O) groups is 2. The second kappa shape index (κ2) is 6.16. The summed E-state index contributed by atoms with van der Waals surface area (Å²) >= 11 is 0. The highest BCUT2D eigenvalue weighted by Crippen LogP contribution is 2.04. The lowest BCUT2D eigenvalue weighted by atomic mass is 10.1. The Balaban J connectivity index is 1.76.